The number of nitrogens with zero attached hydrogens (tertiary/aromatic N) is 6. The fourth-order valence-corrected chi connectivity index (χ4v) is 6.16. The molecule has 1 saturated heterocycles. The zero-order valence-corrected chi connectivity index (χ0v) is 19.1. The van der Waals surface area contributed by atoms with Gasteiger partial charge >= 0.3 is 0 Å². The molecule has 0 saturated carbocycles. The Kier molecular flexibility index (Phi) is 7.75. The van der Waals surface area contributed by atoms with Crippen LogP contribution in [0.15, 0.2) is 12.7 Å². The quantitative estimate of drug-likeness (QED) is 0.476. The molecule has 3 heterocycles. The van der Waals surface area contributed by atoms with Gasteiger partial charge < -0.3 is 25.2 Å². The van der Waals surface area contributed by atoms with Gasteiger partial charge in [0, 0.05) is 24.7 Å². The Morgan fingerprint density at radius 1 is 1.32 bits per heavy atom. The van der Waals surface area contributed by atoms with Gasteiger partial charge in [0.25, 0.3) is 0 Å². The van der Waals surface area contributed by atoms with Crippen LogP contribution in [0.25, 0.3) is 11.2 Å². The number of imidazole rings is 1. The fourth-order valence-electron chi connectivity index (χ4n) is 3.88. The highest BCUT2D eigenvalue weighted by Crippen LogP contribution is 2.50. The van der Waals surface area contributed by atoms with Crippen LogP contribution in [0, 0.1) is 11.3 Å². The number of hydrogen-bond donors (Lipinski definition) is 3. The predicted octanol–water partition coefficient (Wildman–Crippen LogP) is 1.39. The van der Waals surface area contributed by atoms with Gasteiger partial charge in [-0.15, -0.1) is 0 Å². The zero-order valence-electron chi connectivity index (χ0n) is 18.2. The Balaban J connectivity index is 1.97. The number of nitriles is 1. The summed E-state index contributed by atoms with van der Waals surface area (Å²) in [5.74, 6) is 0.237. The molecule has 0 bridgehead atoms. The molecule has 3 rings (SSSR count). The molecular formula is C19H30N7O4P. The Hall–Kier alpha value is -1.93. The smallest absolute Gasteiger partial charge is 0.167 e. The average molecular weight is 451 g/mol. The topological polar surface area (TPSA) is 156 Å². The second-order valence-electron chi connectivity index (χ2n) is 7.94. The van der Waals surface area contributed by atoms with Crippen molar-refractivity contribution in [3.8, 4) is 6.07 Å². The Morgan fingerprint density at radius 3 is 2.65 bits per heavy atom. The molecule has 170 valence electrons. The van der Waals surface area contributed by atoms with E-state index in [-0.39, 0.29) is 24.5 Å². The lowest BCUT2D eigenvalue weighted by atomic mass is 10.1. The van der Waals surface area contributed by atoms with Crippen molar-refractivity contribution in [2.24, 2.45) is 0 Å². The number of nitrogens with two attached hydrogens (primary N) is 1. The van der Waals surface area contributed by atoms with Gasteiger partial charge in [-0.3, -0.25) is 9.24 Å². The SMILES string of the molecule is CC(C)N(C(C)C)P(CCC#N)O[C@@H]1[C@H](O)[C@@H](CO)O[C@H]1n1cnc2c(N)ncnc21. The van der Waals surface area contributed by atoms with E-state index in [1.807, 2.05) is 0 Å². The molecule has 1 aliphatic heterocycles. The van der Waals surface area contributed by atoms with Crippen molar-refractivity contribution in [2.45, 2.75) is 70.7 Å². The van der Waals surface area contributed by atoms with Gasteiger partial charge in [-0.25, -0.2) is 15.0 Å². The maximum atomic E-state index is 10.9. The van der Waals surface area contributed by atoms with E-state index in [1.165, 1.54) is 12.7 Å². The van der Waals surface area contributed by atoms with Crippen LogP contribution in [-0.2, 0) is 9.26 Å². The van der Waals surface area contributed by atoms with Gasteiger partial charge in [0.15, 0.2) is 17.7 Å². The number of anilines is 1. The molecule has 1 aliphatic rings. The van der Waals surface area contributed by atoms with Crippen molar-refractivity contribution in [1.29, 1.82) is 5.26 Å². The lowest BCUT2D eigenvalue weighted by Crippen LogP contribution is -2.39. The van der Waals surface area contributed by atoms with E-state index < -0.39 is 32.8 Å². The van der Waals surface area contributed by atoms with Crippen LogP contribution in [0.1, 0.15) is 40.3 Å². The molecule has 0 aliphatic carbocycles. The van der Waals surface area contributed by atoms with Gasteiger partial charge in [-0.05, 0) is 27.7 Å². The Morgan fingerprint density at radius 2 is 2.03 bits per heavy atom. The minimum atomic E-state index is -1.22. The van der Waals surface area contributed by atoms with Crippen LogP contribution < -0.4 is 5.73 Å². The van der Waals surface area contributed by atoms with Crippen LogP contribution in [0.5, 0.6) is 0 Å². The number of nitrogen functional groups attached to an aromatic ring is 1. The summed E-state index contributed by atoms with van der Waals surface area (Å²) in [6.07, 6.45) is 0.239. The van der Waals surface area contributed by atoms with Gasteiger partial charge in [-0.1, -0.05) is 0 Å². The lowest BCUT2D eigenvalue weighted by Gasteiger charge is -2.39. The van der Waals surface area contributed by atoms with Crippen molar-refractivity contribution < 1.29 is 19.5 Å². The van der Waals surface area contributed by atoms with Gasteiger partial charge in [0.05, 0.1) is 19.0 Å². The Labute approximate surface area is 182 Å². The Bertz CT molecular complexity index is 910. The molecule has 31 heavy (non-hydrogen) atoms. The first-order valence-corrected chi connectivity index (χ1v) is 11.7. The number of ether oxygens (including phenoxy) is 1. The molecule has 4 N–H and O–H groups in total. The standard InChI is InChI=1S/C19H30N7O4P/c1-11(2)26(12(3)4)31(7-5-6-20)30-16-15(28)13(8-27)29-19(16)25-10-24-14-17(21)22-9-23-18(14)25/h9-13,15-16,19,27-28H,5,7-8H2,1-4H3,(H2,21,22,23)/t13-,15-,16-,19-,31?/m1/s1. The molecule has 0 aromatic carbocycles. The molecule has 5 atom stereocenters. The number of aromatic nitrogens is 4. The molecule has 0 spiro atoms. The summed E-state index contributed by atoms with van der Waals surface area (Å²) in [5.41, 5.74) is 6.77. The summed E-state index contributed by atoms with van der Waals surface area (Å²) in [6, 6.07) is 2.54. The number of hydrogen-bond acceptors (Lipinski definition) is 10. The monoisotopic (exact) mass is 451 g/mol. The third kappa shape index (κ3) is 4.80. The van der Waals surface area contributed by atoms with E-state index in [0.717, 1.165) is 0 Å². The average Bonchev–Trinajstić information content (AvgIpc) is 3.27. The number of aliphatic hydroxyl groups is 2. The summed E-state index contributed by atoms with van der Waals surface area (Å²) in [7, 11) is -1.22. The summed E-state index contributed by atoms with van der Waals surface area (Å²) in [4.78, 5) is 12.5. The fraction of sp³-hybridized carbons (Fsp3) is 0.684. The maximum absolute atomic E-state index is 10.9. The minimum Gasteiger partial charge on any atom is -0.394 e. The highest BCUT2D eigenvalue weighted by atomic mass is 31.2. The molecular weight excluding hydrogens is 421 g/mol. The van der Waals surface area contributed by atoms with E-state index in [2.05, 4.69) is 53.4 Å². The summed E-state index contributed by atoms with van der Waals surface area (Å²) >= 11 is 0. The second-order valence-corrected chi connectivity index (χ2v) is 9.77. The zero-order chi connectivity index (χ0) is 22.7. The van der Waals surface area contributed by atoms with E-state index in [9.17, 15) is 10.2 Å². The number of aliphatic hydroxyl groups excluding tert-OH is 2. The first-order valence-electron chi connectivity index (χ1n) is 10.3. The number of fused-ring (bicyclic) bond motifs is 1. The first kappa shape index (κ1) is 23.7. The van der Waals surface area contributed by atoms with Crippen molar-refractivity contribution in [3.63, 3.8) is 0 Å². The van der Waals surface area contributed by atoms with Gasteiger partial charge in [0.1, 0.15) is 38.5 Å². The van der Waals surface area contributed by atoms with E-state index in [1.54, 1.807) is 4.57 Å². The van der Waals surface area contributed by atoms with Crippen molar-refractivity contribution in [1.82, 2.24) is 24.2 Å². The van der Waals surface area contributed by atoms with Crippen LogP contribution in [0.4, 0.5) is 5.82 Å². The normalized spacial score (nSPS) is 25.0. The molecule has 12 heteroatoms. The number of rotatable bonds is 9. The van der Waals surface area contributed by atoms with Crippen LogP contribution in [-0.4, -0.2) is 77.6 Å². The van der Waals surface area contributed by atoms with Crippen molar-refractivity contribution in [2.75, 3.05) is 18.5 Å². The molecule has 0 amide bonds. The van der Waals surface area contributed by atoms with E-state index >= 15 is 0 Å². The molecule has 11 nitrogen and oxygen atoms in total. The third-order valence-corrected chi connectivity index (χ3v) is 7.66. The predicted molar refractivity (Wildman–Crippen MR) is 116 cm³/mol. The largest absolute Gasteiger partial charge is 0.394 e. The molecule has 1 unspecified atom stereocenters. The molecule has 2 aromatic rings. The van der Waals surface area contributed by atoms with Crippen LogP contribution in [0.2, 0.25) is 0 Å². The van der Waals surface area contributed by atoms with Gasteiger partial charge in [-0.2, -0.15) is 5.26 Å². The summed E-state index contributed by atoms with van der Waals surface area (Å²) in [5, 5.41) is 29.8. The molecule has 1 fully saturated rings. The summed E-state index contributed by atoms with van der Waals surface area (Å²) < 4.78 is 16.3. The van der Waals surface area contributed by atoms with Crippen LogP contribution >= 0.6 is 8.30 Å². The summed E-state index contributed by atoms with van der Waals surface area (Å²) in [6.45, 7) is 7.93. The second kappa shape index (κ2) is 10.1. The van der Waals surface area contributed by atoms with Crippen molar-refractivity contribution >= 4 is 25.3 Å². The lowest BCUT2D eigenvalue weighted by molar-refractivity contribution is -0.0486. The van der Waals surface area contributed by atoms with E-state index in [0.29, 0.717) is 23.7 Å². The van der Waals surface area contributed by atoms with E-state index in [4.69, 9.17) is 20.3 Å². The maximum Gasteiger partial charge on any atom is 0.167 e. The molecule has 0 radical (unpaired) electrons. The minimum absolute atomic E-state index is 0.179. The van der Waals surface area contributed by atoms with Crippen molar-refractivity contribution in [3.05, 3.63) is 12.7 Å². The third-order valence-electron chi connectivity index (χ3n) is 5.13. The van der Waals surface area contributed by atoms with Gasteiger partial charge in [0.2, 0.25) is 0 Å². The molecule has 2 aromatic heterocycles. The highest BCUT2D eigenvalue weighted by Gasteiger charge is 2.48. The highest BCUT2D eigenvalue weighted by molar-refractivity contribution is 7.50. The van der Waals surface area contributed by atoms with Crippen LogP contribution in [0.3, 0.4) is 0 Å². The first-order chi connectivity index (χ1) is 14.8.